The highest BCUT2D eigenvalue weighted by atomic mass is 32.2. The van der Waals surface area contributed by atoms with E-state index in [1.807, 2.05) is 0 Å². The number of aromatic amines is 1. The van der Waals surface area contributed by atoms with E-state index in [0.717, 1.165) is 90.6 Å². The number of pyridine rings is 1. The van der Waals surface area contributed by atoms with Crippen molar-refractivity contribution in [2.24, 2.45) is 0 Å². The van der Waals surface area contributed by atoms with Crippen molar-refractivity contribution in [3.8, 4) is 11.1 Å². The van der Waals surface area contributed by atoms with E-state index in [0.29, 0.717) is 55.4 Å². The van der Waals surface area contributed by atoms with Crippen LogP contribution in [0.15, 0.2) is 93.6 Å². The molecule has 0 bridgehead atoms. The van der Waals surface area contributed by atoms with Gasteiger partial charge in [0, 0.05) is 61.5 Å². The Morgan fingerprint density at radius 1 is 0.609 bits per heavy atom. The molecule has 0 amide bonds. The van der Waals surface area contributed by atoms with E-state index in [1.54, 1.807) is 24.3 Å². The summed E-state index contributed by atoms with van der Waals surface area (Å²) in [7, 11) is -8.69. The number of anilines is 2. The van der Waals surface area contributed by atoms with Crippen LogP contribution in [0, 0.1) is 23.3 Å². The van der Waals surface area contributed by atoms with Crippen molar-refractivity contribution >= 4 is 48.8 Å². The molecule has 5 aromatic rings. The number of ketones is 3. The fraction of sp³-hybridized carbons (Fsp3) is 0.319. The van der Waals surface area contributed by atoms with Gasteiger partial charge in [-0.05, 0) is 138 Å². The van der Waals surface area contributed by atoms with Gasteiger partial charge in [-0.3, -0.25) is 28.6 Å². The fourth-order valence-electron chi connectivity index (χ4n) is 10.2. The van der Waals surface area contributed by atoms with Crippen LogP contribution in [0.5, 0.6) is 0 Å². The standard InChI is InChI=1S/C24H23F2NO4S.C23H18F2N2O4S/c25-15-5-6-22(21(26)10-15)32(30,31)27-16-11-18(14-3-1-4-17(28)9-14)19-13-23(29)24(7-2-8-24)20(19)12-16;24-14-2-3-20(19(25)9-14)32(30,31)27-15-10-16(13-4-7-26-22(29)8-13)17-12-21(28)23(5-1-6-23)18(17)11-15/h5-6,10-12,14,27H,1-4,7-9,13H2;2-4,7-11,27H,1,5-6,12H2,(H,26,29). The molecule has 1 aromatic heterocycles. The Morgan fingerprint density at radius 3 is 1.64 bits per heavy atom. The maximum absolute atomic E-state index is 14.2. The number of Topliss-reactive ketones (excluding diaryl/α,β-unsaturated/α-hetero) is 3. The number of sulfonamides is 2. The summed E-state index contributed by atoms with van der Waals surface area (Å²) in [6, 6.07) is 14.1. The van der Waals surface area contributed by atoms with E-state index < -0.39 is 63.9 Å². The third-order valence-corrected chi connectivity index (χ3v) is 16.4. The molecule has 4 aromatic carbocycles. The van der Waals surface area contributed by atoms with Gasteiger partial charge in [0.05, 0.1) is 10.8 Å². The molecule has 0 saturated heterocycles. The molecule has 0 aliphatic heterocycles. The first-order valence-electron chi connectivity index (χ1n) is 21.0. The molecule has 332 valence electrons. The van der Waals surface area contributed by atoms with E-state index in [9.17, 15) is 53.6 Å². The van der Waals surface area contributed by atoms with Crippen molar-refractivity contribution in [3.05, 3.63) is 140 Å². The Balaban J connectivity index is 0.000000162. The largest absolute Gasteiger partial charge is 0.329 e. The number of rotatable bonds is 8. The summed E-state index contributed by atoms with van der Waals surface area (Å²) in [4.78, 5) is 51.0. The molecule has 3 saturated carbocycles. The van der Waals surface area contributed by atoms with Crippen molar-refractivity contribution in [1.82, 2.24) is 4.98 Å². The Hall–Kier alpha value is -5.94. The van der Waals surface area contributed by atoms with E-state index in [1.165, 1.54) is 18.3 Å². The highest BCUT2D eigenvalue weighted by molar-refractivity contribution is 7.93. The van der Waals surface area contributed by atoms with Gasteiger partial charge in [0.15, 0.2) is 0 Å². The summed E-state index contributed by atoms with van der Waals surface area (Å²) >= 11 is 0. The molecule has 5 aliphatic carbocycles. The zero-order valence-electron chi connectivity index (χ0n) is 34.2. The second-order valence-electron chi connectivity index (χ2n) is 17.3. The Morgan fingerprint density at radius 2 is 1.14 bits per heavy atom. The van der Waals surface area contributed by atoms with Gasteiger partial charge < -0.3 is 4.98 Å². The van der Waals surface area contributed by atoms with E-state index >= 15 is 0 Å². The third kappa shape index (κ3) is 7.55. The van der Waals surface area contributed by atoms with Crippen molar-refractivity contribution in [2.45, 2.75) is 104 Å². The van der Waals surface area contributed by atoms with Crippen LogP contribution in [0.25, 0.3) is 11.1 Å². The average Bonchev–Trinajstić information content (AvgIpc) is 3.67. The lowest BCUT2D eigenvalue weighted by Gasteiger charge is -2.38. The molecule has 1 heterocycles. The zero-order chi connectivity index (χ0) is 45.3. The van der Waals surface area contributed by atoms with E-state index in [-0.39, 0.29) is 46.6 Å². The molecule has 2 spiro atoms. The number of hydrogen-bond acceptors (Lipinski definition) is 8. The molecule has 64 heavy (non-hydrogen) atoms. The van der Waals surface area contributed by atoms with Crippen LogP contribution < -0.4 is 15.0 Å². The molecule has 17 heteroatoms. The van der Waals surface area contributed by atoms with Gasteiger partial charge in [-0.1, -0.05) is 12.8 Å². The first-order valence-corrected chi connectivity index (χ1v) is 23.9. The smallest absolute Gasteiger partial charge is 0.264 e. The molecule has 3 fully saturated rings. The summed E-state index contributed by atoms with van der Waals surface area (Å²) in [5, 5.41) is 0. The predicted molar refractivity (Wildman–Crippen MR) is 228 cm³/mol. The molecule has 10 rings (SSSR count). The number of hydrogen-bond donors (Lipinski definition) is 3. The second kappa shape index (κ2) is 15.9. The van der Waals surface area contributed by atoms with Crippen LogP contribution in [0.3, 0.4) is 0 Å². The lowest BCUT2D eigenvalue weighted by Crippen LogP contribution is -2.39. The number of carbonyl (C=O) groups is 3. The quantitative estimate of drug-likeness (QED) is 0.131. The minimum atomic E-state index is -4.37. The van der Waals surface area contributed by atoms with E-state index in [2.05, 4.69) is 14.4 Å². The number of nitrogens with one attached hydrogen (secondary N) is 3. The summed E-state index contributed by atoms with van der Waals surface area (Å²) in [6.07, 6.45) is 9.07. The molecule has 1 unspecified atom stereocenters. The van der Waals surface area contributed by atoms with Crippen molar-refractivity contribution < 1.29 is 48.8 Å². The summed E-state index contributed by atoms with van der Waals surface area (Å²) in [5.74, 6) is -3.82. The highest BCUT2D eigenvalue weighted by Crippen LogP contribution is 2.54. The number of carbonyl (C=O) groups excluding carboxylic acids is 3. The van der Waals surface area contributed by atoms with Crippen LogP contribution in [0.2, 0.25) is 0 Å². The number of H-pyrrole nitrogens is 1. The average molecular weight is 916 g/mol. The van der Waals surface area contributed by atoms with Crippen molar-refractivity contribution in [3.63, 3.8) is 0 Å². The maximum Gasteiger partial charge on any atom is 0.264 e. The van der Waals surface area contributed by atoms with Crippen LogP contribution in [0.4, 0.5) is 28.9 Å². The number of fused-ring (bicyclic) bond motifs is 4. The van der Waals surface area contributed by atoms with Crippen LogP contribution in [-0.2, 0) is 58.1 Å². The Labute approximate surface area is 365 Å². The van der Waals surface area contributed by atoms with Gasteiger partial charge in [-0.25, -0.2) is 34.4 Å². The minimum Gasteiger partial charge on any atom is -0.329 e. The normalized spacial score (nSPS) is 19.3. The highest BCUT2D eigenvalue weighted by Gasteiger charge is 2.52. The monoisotopic (exact) mass is 915 g/mol. The summed E-state index contributed by atoms with van der Waals surface area (Å²) in [5.41, 5.74) is 4.05. The Bertz CT molecular complexity index is 3110. The van der Waals surface area contributed by atoms with Gasteiger partial charge in [0.2, 0.25) is 5.56 Å². The molecular formula is C47H41F4N3O8S2. The third-order valence-electron chi connectivity index (χ3n) is 13.6. The maximum atomic E-state index is 14.2. The summed E-state index contributed by atoms with van der Waals surface area (Å²) < 4.78 is 111. The van der Waals surface area contributed by atoms with Crippen LogP contribution in [0.1, 0.15) is 97.9 Å². The molecule has 1 atom stereocenters. The first kappa shape index (κ1) is 43.3. The fourth-order valence-corrected chi connectivity index (χ4v) is 12.4. The predicted octanol–water partition coefficient (Wildman–Crippen LogP) is 8.21. The molecule has 0 radical (unpaired) electrons. The molecule has 5 aliphatic rings. The molecular weight excluding hydrogens is 875 g/mol. The lowest BCUT2D eigenvalue weighted by atomic mass is 9.64. The van der Waals surface area contributed by atoms with Gasteiger partial charge in [0.25, 0.3) is 20.0 Å². The first-order chi connectivity index (χ1) is 30.4. The van der Waals surface area contributed by atoms with Gasteiger partial charge >= 0.3 is 0 Å². The number of aromatic nitrogens is 1. The number of halogens is 4. The van der Waals surface area contributed by atoms with Gasteiger partial charge in [-0.2, -0.15) is 0 Å². The van der Waals surface area contributed by atoms with Crippen molar-refractivity contribution in [1.29, 1.82) is 0 Å². The Kier molecular flexibility index (Phi) is 10.8. The minimum absolute atomic E-state index is 0.0694. The summed E-state index contributed by atoms with van der Waals surface area (Å²) in [6.45, 7) is 0. The molecule has 11 nitrogen and oxygen atoms in total. The SMILES string of the molecule is O=C1CCCC(c2cc(NS(=O)(=O)c3ccc(F)cc3F)cc3c2CC(=O)C32CCC2)C1.O=C1Cc2c(-c3cc[nH]c(=O)c3)cc(NS(=O)(=O)c3ccc(F)cc3F)cc2C12CCC2. The second-order valence-corrected chi connectivity index (χ2v) is 20.6. The topological polar surface area (TPSA) is 176 Å². The lowest BCUT2D eigenvalue weighted by molar-refractivity contribution is -0.126. The van der Waals surface area contributed by atoms with Gasteiger partial charge in [0.1, 0.15) is 50.4 Å². The van der Waals surface area contributed by atoms with E-state index in [4.69, 9.17) is 0 Å². The van der Waals surface area contributed by atoms with Crippen molar-refractivity contribution in [2.75, 3.05) is 9.44 Å². The van der Waals surface area contributed by atoms with Gasteiger partial charge in [-0.15, -0.1) is 0 Å². The van der Waals surface area contributed by atoms with Crippen LogP contribution >= 0.6 is 0 Å². The molecule has 3 N–H and O–H groups in total. The number of benzene rings is 4. The van der Waals surface area contributed by atoms with Crippen LogP contribution in [-0.4, -0.2) is 39.2 Å². The zero-order valence-corrected chi connectivity index (χ0v) is 35.8.